The molecule has 7 nitrogen and oxygen atoms in total. The maximum absolute atomic E-state index is 12.4. The predicted octanol–water partition coefficient (Wildman–Crippen LogP) is 2.11. The SMILES string of the molecule is Cc1cc(C(=O)COC(=O)c2cnccn2)c(C)n1CC1CCCO1. The fraction of sp³-hybridized carbons (Fsp3) is 0.444. The Kier molecular flexibility index (Phi) is 5.23. The number of carbonyl (C=O) groups excluding carboxylic acids is 2. The highest BCUT2D eigenvalue weighted by Crippen LogP contribution is 2.20. The summed E-state index contributed by atoms with van der Waals surface area (Å²) in [6, 6.07) is 1.84. The molecular formula is C18H21N3O4. The number of carbonyl (C=O) groups is 2. The van der Waals surface area contributed by atoms with Crippen LogP contribution in [0.3, 0.4) is 0 Å². The van der Waals surface area contributed by atoms with Gasteiger partial charge in [-0.2, -0.15) is 0 Å². The van der Waals surface area contributed by atoms with Crippen LogP contribution in [0.2, 0.25) is 0 Å². The third-order valence-electron chi connectivity index (χ3n) is 4.39. The zero-order valence-electron chi connectivity index (χ0n) is 14.4. The largest absolute Gasteiger partial charge is 0.453 e. The van der Waals surface area contributed by atoms with E-state index in [1.807, 2.05) is 19.9 Å². The smallest absolute Gasteiger partial charge is 0.358 e. The van der Waals surface area contributed by atoms with Crippen molar-refractivity contribution in [1.82, 2.24) is 14.5 Å². The average Bonchev–Trinajstić information content (AvgIpc) is 3.24. The first-order valence-corrected chi connectivity index (χ1v) is 8.31. The maximum atomic E-state index is 12.4. The topological polar surface area (TPSA) is 83.3 Å². The van der Waals surface area contributed by atoms with Crippen molar-refractivity contribution in [2.75, 3.05) is 13.2 Å². The van der Waals surface area contributed by atoms with Gasteiger partial charge in [0, 0.05) is 42.5 Å². The number of ether oxygens (including phenoxy) is 2. The van der Waals surface area contributed by atoms with E-state index in [2.05, 4.69) is 14.5 Å². The van der Waals surface area contributed by atoms with E-state index < -0.39 is 5.97 Å². The Morgan fingerprint density at radius 2 is 2.20 bits per heavy atom. The summed E-state index contributed by atoms with van der Waals surface area (Å²) in [6.45, 7) is 5.09. The van der Waals surface area contributed by atoms with Crippen molar-refractivity contribution in [2.45, 2.75) is 39.3 Å². The minimum Gasteiger partial charge on any atom is -0.453 e. The molecule has 0 aliphatic carbocycles. The lowest BCUT2D eigenvalue weighted by Crippen LogP contribution is -2.18. The van der Waals surface area contributed by atoms with Crippen molar-refractivity contribution in [2.24, 2.45) is 0 Å². The summed E-state index contributed by atoms with van der Waals surface area (Å²) in [7, 11) is 0. The number of aromatic nitrogens is 3. The second-order valence-corrected chi connectivity index (χ2v) is 6.12. The van der Waals surface area contributed by atoms with Crippen molar-refractivity contribution in [3.05, 3.63) is 47.3 Å². The first-order valence-electron chi connectivity index (χ1n) is 8.31. The van der Waals surface area contributed by atoms with Gasteiger partial charge in [-0.25, -0.2) is 9.78 Å². The van der Waals surface area contributed by atoms with Gasteiger partial charge < -0.3 is 14.0 Å². The molecule has 2 aromatic rings. The lowest BCUT2D eigenvalue weighted by Gasteiger charge is -2.14. The van der Waals surface area contributed by atoms with E-state index in [0.717, 1.165) is 37.4 Å². The van der Waals surface area contributed by atoms with E-state index >= 15 is 0 Å². The van der Waals surface area contributed by atoms with Gasteiger partial charge in [-0.1, -0.05) is 0 Å². The number of Topliss-reactive ketones (excluding diaryl/α,β-unsaturated/α-hetero) is 1. The average molecular weight is 343 g/mol. The number of ketones is 1. The molecule has 0 amide bonds. The predicted molar refractivity (Wildman–Crippen MR) is 89.5 cm³/mol. The van der Waals surface area contributed by atoms with Gasteiger partial charge in [0.25, 0.3) is 0 Å². The van der Waals surface area contributed by atoms with E-state index in [1.165, 1.54) is 18.6 Å². The Morgan fingerprint density at radius 3 is 2.88 bits per heavy atom. The number of hydrogen-bond acceptors (Lipinski definition) is 6. The maximum Gasteiger partial charge on any atom is 0.358 e. The molecule has 0 radical (unpaired) electrons. The number of aryl methyl sites for hydroxylation is 1. The summed E-state index contributed by atoms with van der Waals surface area (Å²) >= 11 is 0. The van der Waals surface area contributed by atoms with Gasteiger partial charge in [0.1, 0.15) is 0 Å². The number of esters is 1. The number of rotatable bonds is 6. The molecule has 1 aliphatic heterocycles. The van der Waals surface area contributed by atoms with Crippen LogP contribution in [0, 0.1) is 13.8 Å². The van der Waals surface area contributed by atoms with Gasteiger partial charge in [-0.05, 0) is 32.8 Å². The summed E-state index contributed by atoms with van der Waals surface area (Å²) < 4.78 is 12.8. The van der Waals surface area contributed by atoms with Gasteiger partial charge in [0.05, 0.1) is 12.3 Å². The second kappa shape index (κ2) is 7.57. The van der Waals surface area contributed by atoms with Crippen molar-refractivity contribution in [1.29, 1.82) is 0 Å². The van der Waals surface area contributed by atoms with E-state index in [9.17, 15) is 9.59 Å². The zero-order valence-corrected chi connectivity index (χ0v) is 14.4. The first-order chi connectivity index (χ1) is 12.1. The lowest BCUT2D eigenvalue weighted by atomic mass is 10.1. The summed E-state index contributed by atoms with van der Waals surface area (Å²) in [4.78, 5) is 32.0. The molecule has 3 heterocycles. The fourth-order valence-corrected chi connectivity index (χ4v) is 3.04. The van der Waals surface area contributed by atoms with Crippen LogP contribution < -0.4 is 0 Å². The van der Waals surface area contributed by atoms with Crippen molar-refractivity contribution in [3.8, 4) is 0 Å². The van der Waals surface area contributed by atoms with Crippen LogP contribution in [-0.4, -0.2) is 45.6 Å². The van der Waals surface area contributed by atoms with Crippen molar-refractivity contribution in [3.63, 3.8) is 0 Å². The van der Waals surface area contributed by atoms with Gasteiger partial charge >= 0.3 is 5.97 Å². The molecule has 0 saturated carbocycles. The van der Waals surface area contributed by atoms with E-state index in [-0.39, 0.29) is 24.2 Å². The van der Waals surface area contributed by atoms with E-state index in [1.54, 1.807) is 0 Å². The Labute approximate surface area is 146 Å². The van der Waals surface area contributed by atoms with Crippen molar-refractivity contribution >= 4 is 11.8 Å². The molecular weight excluding hydrogens is 322 g/mol. The molecule has 1 unspecified atom stereocenters. The highest BCUT2D eigenvalue weighted by molar-refractivity contribution is 6.00. The van der Waals surface area contributed by atoms with Gasteiger partial charge in [-0.3, -0.25) is 9.78 Å². The highest BCUT2D eigenvalue weighted by Gasteiger charge is 2.22. The van der Waals surface area contributed by atoms with Crippen LogP contribution in [0.4, 0.5) is 0 Å². The van der Waals surface area contributed by atoms with Crippen LogP contribution >= 0.6 is 0 Å². The minimum atomic E-state index is -0.658. The van der Waals surface area contributed by atoms with Crippen LogP contribution in [0.25, 0.3) is 0 Å². The molecule has 1 atom stereocenters. The van der Waals surface area contributed by atoms with Crippen LogP contribution in [-0.2, 0) is 16.0 Å². The Morgan fingerprint density at radius 1 is 1.36 bits per heavy atom. The second-order valence-electron chi connectivity index (χ2n) is 6.12. The first kappa shape index (κ1) is 17.3. The highest BCUT2D eigenvalue weighted by atomic mass is 16.5. The molecule has 7 heteroatoms. The Balaban J connectivity index is 1.65. The molecule has 1 saturated heterocycles. The molecule has 25 heavy (non-hydrogen) atoms. The number of nitrogens with zero attached hydrogens (tertiary/aromatic N) is 3. The standard InChI is InChI=1S/C18H21N3O4/c1-12-8-15(13(2)21(12)10-14-4-3-7-24-14)17(22)11-25-18(23)16-9-19-5-6-20-16/h5-6,8-9,14H,3-4,7,10-11H2,1-2H3. The van der Waals surface area contributed by atoms with E-state index in [0.29, 0.717) is 5.56 Å². The van der Waals surface area contributed by atoms with Crippen LogP contribution in [0.1, 0.15) is 45.1 Å². The van der Waals surface area contributed by atoms with Crippen molar-refractivity contribution < 1.29 is 19.1 Å². The molecule has 0 spiro atoms. The minimum absolute atomic E-state index is 0.0826. The quantitative estimate of drug-likeness (QED) is 0.590. The molecule has 2 aromatic heterocycles. The summed E-state index contributed by atoms with van der Waals surface area (Å²) in [5.41, 5.74) is 2.52. The Bertz CT molecular complexity index is 764. The Hall–Kier alpha value is -2.54. The molecule has 1 aliphatic rings. The van der Waals surface area contributed by atoms with Gasteiger partial charge in [0.15, 0.2) is 12.3 Å². The molecule has 132 valence electrons. The van der Waals surface area contributed by atoms with Crippen LogP contribution in [0.15, 0.2) is 24.7 Å². The van der Waals surface area contributed by atoms with Gasteiger partial charge in [0.2, 0.25) is 5.78 Å². The summed E-state index contributed by atoms with van der Waals surface area (Å²) in [5, 5.41) is 0. The summed E-state index contributed by atoms with van der Waals surface area (Å²) in [5.74, 6) is -0.890. The number of hydrogen-bond donors (Lipinski definition) is 0. The monoisotopic (exact) mass is 343 g/mol. The summed E-state index contributed by atoms with van der Waals surface area (Å²) in [6.07, 6.45) is 6.48. The molecule has 0 aromatic carbocycles. The molecule has 0 bridgehead atoms. The third kappa shape index (κ3) is 3.93. The van der Waals surface area contributed by atoms with Crippen LogP contribution in [0.5, 0.6) is 0 Å². The van der Waals surface area contributed by atoms with E-state index in [4.69, 9.17) is 9.47 Å². The fourth-order valence-electron chi connectivity index (χ4n) is 3.04. The van der Waals surface area contributed by atoms with Gasteiger partial charge in [-0.15, -0.1) is 0 Å². The molecule has 1 fully saturated rings. The lowest BCUT2D eigenvalue weighted by molar-refractivity contribution is 0.0468. The third-order valence-corrected chi connectivity index (χ3v) is 4.39. The normalized spacial score (nSPS) is 16.8. The molecule has 0 N–H and O–H groups in total. The molecule has 3 rings (SSSR count). The zero-order chi connectivity index (χ0) is 17.8.